The summed E-state index contributed by atoms with van der Waals surface area (Å²) < 4.78 is 5.79. The molecule has 4 heteroatoms. The first-order chi connectivity index (χ1) is 11.2. The van der Waals surface area contributed by atoms with E-state index in [-0.39, 0.29) is 5.97 Å². The smallest absolute Gasteiger partial charge is 0.339 e. The fraction of sp³-hybridized carbons (Fsp3) is 0.316. The maximum atomic E-state index is 12.2. The van der Waals surface area contributed by atoms with E-state index in [9.17, 15) is 4.79 Å². The molecular formula is C19H18ClNO2. The highest BCUT2D eigenvalue weighted by atomic mass is 35.5. The predicted octanol–water partition coefficient (Wildman–Crippen LogP) is 4.00. The van der Waals surface area contributed by atoms with Gasteiger partial charge in [0.15, 0.2) is 0 Å². The Labute approximate surface area is 140 Å². The molecular weight excluding hydrogens is 310 g/mol. The van der Waals surface area contributed by atoms with E-state index in [0.717, 1.165) is 38.0 Å². The molecule has 0 radical (unpaired) electrons. The number of halogens is 1. The second-order valence-corrected chi connectivity index (χ2v) is 6.77. The fourth-order valence-electron chi connectivity index (χ4n) is 3.66. The third kappa shape index (κ3) is 2.64. The average molecular weight is 328 g/mol. The number of benzene rings is 2. The molecule has 2 aromatic rings. The van der Waals surface area contributed by atoms with Gasteiger partial charge in [-0.25, -0.2) is 4.79 Å². The zero-order chi connectivity index (χ0) is 15.9. The van der Waals surface area contributed by atoms with Crippen LogP contribution in [0, 0.1) is 0 Å². The molecule has 0 N–H and O–H groups in total. The molecule has 23 heavy (non-hydrogen) atoms. The number of esters is 1. The number of carbonyl (C=O) groups excluding carboxylic acids is 1. The van der Waals surface area contributed by atoms with Gasteiger partial charge in [-0.05, 0) is 17.7 Å². The second kappa shape index (κ2) is 5.66. The molecule has 2 heterocycles. The van der Waals surface area contributed by atoms with E-state index in [1.54, 1.807) is 6.07 Å². The number of nitrogens with zero attached hydrogens (tertiary/aromatic N) is 1. The van der Waals surface area contributed by atoms with Crippen LogP contribution in [0.3, 0.4) is 0 Å². The van der Waals surface area contributed by atoms with Gasteiger partial charge in [-0.1, -0.05) is 48.0 Å². The van der Waals surface area contributed by atoms with Crippen molar-refractivity contribution in [1.82, 2.24) is 4.90 Å². The van der Waals surface area contributed by atoms with Crippen LogP contribution in [0.25, 0.3) is 0 Å². The van der Waals surface area contributed by atoms with E-state index in [1.807, 2.05) is 18.2 Å². The largest absolute Gasteiger partial charge is 0.450 e. The van der Waals surface area contributed by atoms with Gasteiger partial charge in [-0.3, -0.25) is 4.90 Å². The third-order valence-corrected chi connectivity index (χ3v) is 5.13. The summed E-state index contributed by atoms with van der Waals surface area (Å²) in [5, 5.41) is 0.583. The van der Waals surface area contributed by atoms with Crippen LogP contribution >= 0.6 is 11.6 Å². The van der Waals surface area contributed by atoms with E-state index in [0.29, 0.717) is 10.6 Å². The number of rotatable bonds is 2. The number of likely N-dealkylation sites (tertiary alicyclic amines) is 1. The minimum atomic E-state index is -0.454. The molecule has 0 aromatic heterocycles. The van der Waals surface area contributed by atoms with Crippen LogP contribution in [0.5, 0.6) is 0 Å². The highest BCUT2D eigenvalue weighted by molar-refractivity contribution is 6.31. The van der Waals surface area contributed by atoms with Crippen LogP contribution in [-0.2, 0) is 16.9 Å². The van der Waals surface area contributed by atoms with Crippen molar-refractivity contribution in [3.63, 3.8) is 0 Å². The lowest BCUT2D eigenvalue weighted by molar-refractivity contribution is -0.0440. The molecule has 0 unspecified atom stereocenters. The van der Waals surface area contributed by atoms with Crippen molar-refractivity contribution in [2.24, 2.45) is 0 Å². The van der Waals surface area contributed by atoms with E-state index < -0.39 is 5.60 Å². The summed E-state index contributed by atoms with van der Waals surface area (Å²) >= 11 is 6.01. The quantitative estimate of drug-likeness (QED) is 0.781. The van der Waals surface area contributed by atoms with Crippen molar-refractivity contribution in [1.29, 1.82) is 0 Å². The average Bonchev–Trinajstić information content (AvgIpc) is 2.83. The zero-order valence-electron chi connectivity index (χ0n) is 12.8. The maximum Gasteiger partial charge on any atom is 0.339 e. The van der Waals surface area contributed by atoms with E-state index in [1.165, 1.54) is 5.56 Å². The highest BCUT2D eigenvalue weighted by Crippen LogP contribution is 2.44. The summed E-state index contributed by atoms with van der Waals surface area (Å²) in [4.78, 5) is 14.6. The Kier molecular flexibility index (Phi) is 3.63. The number of ether oxygens (including phenoxy) is 1. The normalized spacial score (nSPS) is 19.6. The molecule has 0 saturated carbocycles. The molecule has 0 bridgehead atoms. The molecule has 2 aliphatic rings. The van der Waals surface area contributed by atoms with Gasteiger partial charge >= 0.3 is 5.97 Å². The van der Waals surface area contributed by atoms with Gasteiger partial charge in [-0.15, -0.1) is 0 Å². The zero-order valence-corrected chi connectivity index (χ0v) is 13.6. The topological polar surface area (TPSA) is 29.5 Å². The first-order valence-corrected chi connectivity index (χ1v) is 8.34. The minimum absolute atomic E-state index is 0.237. The molecule has 3 nitrogen and oxygen atoms in total. The SMILES string of the molecule is O=C1OC2(CCN(Cc3ccccc3)CC2)c2ccc(Cl)cc21. The van der Waals surface area contributed by atoms with Crippen LogP contribution in [0.1, 0.15) is 34.3 Å². The number of hydrogen-bond acceptors (Lipinski definition) is 3. The van der Waals surface area contributed by atoms with Gasteiger partial charge < -0.3 is 4.74 Å². The summed E-state index contributed by atoms with van der Waals surface area (Å²) in [6.07, 6.45) is 1.67. The standard InChI is InChI=1S/C19H18ClNO2/c20-15-6-7-17-16(12-15)18(22)23-19(17)8-10-21(11-9-19)13-14-4-2-1-3-5-14/h1-7,12H,8-11,13H2. The fourth-order valence-corrected chi connectivity index (χ4v) is 3.83. The van der Waals surface area contributed by atoms with Crippen LogP contribution in [0.4, 0.5) is 0 Å². The van der Waals surface area contributed by atoms with Crippen molar-refractivity contribution in [3.8, 4) is 0 Å². The van der Waals surface area contributed by atoms with E-state index in [2.05, 4.69) is 29.2 Å². The van der Waals surface area contributed by atoms with Gasteiger partial charge in [0, 0.05) is 43.1 Å². The Morgan fingerprint density at radius 2 is 1.83 bits per heavy atom. The van der Waals surface area contributed by atoms with Crippen LogP contribution in [0.15, 0.2) is 48.5 Å². The van der Waals surface area contributed by atoms with Crippen molar-refractivity contribution < 1.29 is 9.53 Å². The third-order valence-electron chi connectivity index (χ3n) is 4.89. The Bertz CT molecular complexity index is 736. The van der Waals surface area contributed by atoms with Gasteiger partial charge in [0.2, 0.25) is 0 Å². The Hall–Kier alpha value is -1.84. The lowest BCUT2D eigenvalue weighted by Crippen LogP contribution is -2.42. The van der Waals surface area contributed by atoms with Gasteiger partial charge in [0.1, 0.15) is 5.60 Å². The van der Waals surface area contributed by atoms with Crippen molar-refractivity contribution in [2.45, 2.75) is 25.0 Å². The number of hydrogen-bond donors (Lipinski definition) is 0. The predicted molar refractivity (Wildman–Crippen MR) is 89.5 cm³/mol. The summed E-state index contributed by atoms with van der Waals surface area (Å²) in [6, 6.07) is 16.0. The lowest BCUT2D eigenvalue weighted by atomic mass is 9.83. The summed E-state index contributed by atoms with van der Waals surface area (Å²) in [6.45, 7) is 2.78. The molecule has 0 atom stereocenters. The Morgan fingerprint density at radius 3 is 2.57 bits per heavy atom. The molecule has 118 valence electrons. The number of carbonyl (C=O) groups is 1. The molecule has 4 rings (SSSR count). The van der Waals surface area contributed by atoms with Crippen molar-refractivity contribution >= 4 is 17.6 Å². The van der Waals surface area contributed by atoms with Crippen LogP contribution in [-0.4, -0.2) is 24.0 Å². The Morgan fingerprint density at radius 1 is 1.09 bits per heavy atom. The monoisotopic (exact) mass is 327 g/mol. The van der Waals surface area contributed by atoms with Crippen molar-refractivity contribution in [2.75, 3.05) is 13.1 Å². The summed E-state index contributed by atoms with van der Waals surface area (Å²) in [7, 11) is 0. The first-order valence-electron chi connectivity index (χ1n) is 7.96. The number of fused-ring (bicyclic) bond motifs is 2. The molecule has 1 saturated heterocycles. The number of piperidine rings is 1. The molecule has 0 aliphatic carbocycles. The van der Waals surface area contributed by atoms with Gasteiger partial charge in [0.25, 0.3) is 0 Å². The molecule has 2 aromatic carbocycles. The highest BCUT2D eigenvalue weighted by Gasteiger charge is 2.47. The summed E-state index contributed by atoms with van der Waals surface area (Å²) in [5.41, 5.74) is 2.50. The van der Waals surface area contributed by atoms with Crippen LogP contribution < -0.4 is 0 Å². The summed E-state index contributed by atoms with van der Waals surface area (Å²) in [5.74, 6) is -0.237. The van der Waals surface area contributed by atoms with Gasteiger partial charge in [-0.2, -0.15) is 0 Å². The van der Waals surface area contributed by atoms with Crippen molar-refractivity contribution in [3.05, 3.63) is 70.2 Å². The second-order valence-electron chi connectivity index (χ2n) is 6.34. The molecule has 0 amide bonds. The maximum absolute atomic E-state index is 12.2. The molecule has 1 spiro atoms. The minimum Gasteiger partial charge on any atom is -0.450 e. The van der Waals surface area contributed by atoms with Gasteiger partial charge in [0.05, 0.1) is 5.56 Å². The van der Waals surface area contributed by atoms with Crippen LogP contribution in [0.2, 0.25) is 5.02 Å². The van der Waals surface area contributed by atoms with E-state index >= 15 is 0 Å². The molecule has 2 aliphatic heterocycles. The lowest BCUT2D eigenvalue weighted by Gasteiger charge is -2.38. The molecule has 1 fully saturated rings. The van der Waals surface area contributed by atoms with E-state index in [4.69, 9.17) is 16.3 Å². The first kappa shape index (κ1) is 14.7. The Balaban J connectivity index is 1.51.